The lowest BCUT2D eigenvalue weighted by Crippen LogP contribution is -2.31. The summed E-state index contributed by atoms with van der Waals surface area (Å²) in [6, 6.07) is 1.79. The first-order valence-corrected chi connectivity index (χ1v) is 7.44. The average Bonchev–Trinajstić information content (AvgIpc) is 2.81. The maximum Gasteiger partial charge on any atom is 0.425 e. The molecule has 0 aliphatic heterocycles. The number of halogens is 3. The highest BCUT2D eigenvalue weighted by molar-refractivity contribution is 7.18. The molecule has 1 N–H and O–H groups in total. The van der Waals surface area contributed by atoms with Gasteiger partial charge < -0.3 is 10.1 Å². The van der Waals surface area contributed by atoms with Crippen molar-refractivity contribution in [3.8, 4) is 5.88 Å². The van der Waals surface area contributed by atoms with Crippen molar-refractivity contribution in [3.05, 3.63) is 10.9 Å². The van der Waals surface area contributed by atoms with Crippen LogP contribution in [0, 0.1) is 0 Å². The molecule has 21 heavy (non-hydrogen) atoms. The smallest absolute Gasteiger partial charge is 0.425 e. The molecule has 0 radical (unpaired) electrons. The number of rotatable bonds is 5. The Kier molecular flexibility index (Phi) is 4.55. The number of thiophene rings is 1. The van der Waals surface area contributed by atoms with E-state index in [4.69, 9.17) is 4.74 Å². The van der Waals surface area contributed by atoms with Crippen molar-refractivity contribution in [2.45, 2.75) is 39.5 Å². The summed E-state index contributed by atoms with van der Waals surface area (Å²) in [5.41, 5.74) is 0. The summed E-state index contributed by atoms with van der Waals surface area (Å²) in [7, 11) is 0. The van der Waals surface area contributed by atoms with Crippen LogP contribution in [0.4, 0.5) is 19.1 Å². The highest BCUT2D eigenvalue weighted by Gasteiger charge is 2.38. The molecule has 0 bridgehead atoms. The number of aryl methyl sites for hydroxylation is 1. The molecule has 0 saturated heterocycles. The van der Waals surface area contributed by atoms with Crippen LogP contribution in [0.5, 0.6) is 5.88 Å². The van der Waals surface area contributed by atoms with Crippen molar-refractivity contribution in [2.24, 2.45) is 0 Å². The van der Waals surface area contributed by atoms with Gasteiger partial charge in [-0.3, -0.25) is 0 Å². The topological polar surface area (TPSA) is 47.0 Å². The van der Waals surface area contributed by atoms with Gasteiger partial charge in [0.25, 0.3) is 0 Å². The maximum atomic E-state index is 12.7. The third-order valence-corrected chi connectivity index (χ3v) is 4.01. The first-order valence-electron chi connectivity index (χ1n) is 6.62. The summed E-state index contributed by atoms with van der Waals surface area (Å²) in [6.45, 7) is 5.38. The van der Waals surface area contributed by atoms with E-state index in [2.05, 4.69) is 15.3 Å². The molecule has 0 aromatic carbocycles. The van der Waals surface area contributed by atoms with Crippen molar-refractivity contribution in [1.29, 1.82) is 0 Å². The SMILES string of the molecule is CCNc1nc(OC(C)C(F)(F)F)c2cc(CC)sc2n1. The Morgan fingerprint density at radius 1 is 1.33 bits per heavy atom. The minimum atomic E-state index is -4.43. The number of alkyl halides is 3. The molecule has 2 aromatic rings. The minimum Gasteiger partial charge on any atom is -0.464 e. The van der Waals surface area contributed by atoms with Crippen molar-refractivity contribution < 1.29 is 17.9 Å². The van der Waals surface area contributed by atoms with Gasteiger partial charge >= 0.3 is 6.18 Å². The van der Waals surface area contributed by atoms with E-state index in [-0.39, 0.29) is 11.8 Å². The standard InChI is InChI=1S/C13H16F3N3OS/c1-4-8-6-9-10(20-7(3)13(14,15)16)18-12(17-5-2)19-11(9)21-8/h6-7H,4-5H2,1-3H3,(H,17,18,19). The lowest BCUT2D eigenvalue weighted by Gasteiger charge is -2.17. The monoisotopic (exact) mass is 319 g/mol. The van der Waals surface area contributed by atoms with Gasteiger partial charge in [-0.25, -0.2) is 4.98 Å². The Labute approximate surface area is 124 Å². The predicted molar refractivity (Wildman–Crippen MR) is 77.1 cm³/mol. The lowest BCUT2D eigenvalue weighted by molar-refractivity contribution is -0.189. The molecule has 1 atom stereocenters. The van der Waals surface area contributed by atoms with Gasteiger partial charge in [-0.2, -0.15) is 18.2 Å². The third-order valence-electron chi connectivity index (χ3n) is 2.84. The van der Waals surface area contributed by atoms with Crippen LogP contribution in [0.25, 0.3) is 10.2 Å². The molecule has 4 nitrogen and oxygen atoms in total. The van der Waals surface area contributed by atoms with Crippen molar-refractivity contribution in [3.63, 3.8) is 0 Å². The van der Waals surface area contributed by atoms with Gasteiger partial charge in [0.05, 0.1) is 5.39 Å². The fourth-order valence-corrected chi connectivity index (χ4v) is 2.64. The molecule has 0 fully saturated rings. The molecular weight excluding hydrogens is 303 g/mol. The Hall–Kier alpha value is -1.57. The van der Waals surface area contributed by atoms with Gasteiger partial charge in [-0.15, -0.1) is 11.3 Å². The van der Waals surface area contributed by atoms with Gasteiger partial charge in [0.2, 0.25) is 11.8 Å². The van der Waals surface area contributed by atoms with E-state index in [1.165, 1.54) is 11.3 Å². The summed E-state index contributed by atoms with van der Waals surface area (Å²) in [5.74, 6) is 0.246. The molecule has 0 amide bonds. The molecule has 8 heteroatoms. The number of hydrogen-bond donors (Lipinski definition) is 1. The second-order valence-corrected chi connectivity index (χ2v) is 5.58. The van der Waals surface area contributed by atoms with Crippen LogP contribution in [-0.2, 0) is 6.42 Å². The van der Waals surface area contributed by atoms with E-state index in [1.54, 1.807) is 6.07 Å². The van der Waals surface area contributed by atoms with E-state index in [1.807, 2.05) is 13.8 Å². The molecule has 0 spiro atoms. The number of anilines is 1. The van der Waals surface area contributed by atoms with Crippen LogP contribution in [0.2, 0.25) is 0 Å². The quantitative estimate of drug-likeness (QED) is 0.904. The molecule has 2 aromatic heterocycles. The molecule has 0 saturated carbocycles. The molecule has 2 heterocycles. The van der Waals surface area contributed by atoms with Gasteiger partial charge in [-0.05, 0) is 26.3 Å². The van der Waals surface area contributed by atoms with E-state index in [9.17, 15) is 13.2 Å². The van der Waals surface area contributed by atoms with Crippen LogP contribution in [-0.4, -0.2) is 28.8 Å². The summed E-state index contributed by atoms with van der Waals surface area (Å²) in [4.78, 5) is 10.0. The van der Waals surface area contributed by atoms with Gasteiger partial charge in [0, 0.05) is 11.4 Å². The van der Waals surface area contributed by atoms with Gasteiger partial charge in [-0.1, -0.05) is 6.92 Å². The Balaban J connectivity index is 2.45. The fraction of sp³-hybridized carbons (Fsp3) is 0.538. The summed E-state index contributed by atoms with van der Waals surface area (Å²) in [6.07, 6.45) is -5.57. The van der Waals surface area contributed by atoms with Gasteiger partial charge in [0.1, 0.15) is 4.83 Å². The van der Waals surface area contributed by atoms with E-state index < -0.39 is 12.3 Å². The highest BCUT2D eigenvalue weighted by atomic mass is 32.1. The van der Waals surface area contributed by atoms with Gasteiger partial charge in [0.15, 0.2) is 6.10 Å². The number of nitrogens with one attached hydrogen (secondary N) is 1. The fourth-order valence-electron chi connectivity index (χ4n) is 1.68. The minimum absolute atomic E-state index is 0.0308. The van der Waals surface area contributed by atoms with Crippen molar-refractivity contribution in [1.82, 2.24) is 9.97 Å². The lowest BCUT2D eigenvalue weighted by atomic mass is 10.3. The maximum absolute atomic E-state index is 12.7. The summed E-state index contributed by atoms with van der Waals surface area (Å²) >= 11 is 1.43. The third kappa shape index (κ3) is 3.55. The van der Waals surface area contributed by atoms with E-state index in [0.717, 1.165) is 18.2 Å². The summed E-state index contributed by atoms with van der Waals surface area (Å²) < 4.78 is 43.0. The number of ether oxygens (including phenoxy) is 1. The number of fused-ring (bicyclic) bond motifs is 1. The Morgan fingerprint density at radius 2 is 2.05 bits per heavy atom. The van der Waals surface area contributed by atoms with Crippen LogP contribution in [0.15, 0.2) is 6.07 Å². The van der Waals surface area contributed by atoms with Crippen molar-refractivity contribution in [2.75, 3.05) is 11.9 Å². The second-order valence-electron chi connectivity index (χ2n) is 4.47. The van der Waals surface area contributed by atoms with E-state index in [0.29, 0.717) is 16.8 Å². The molecule has 0 aliphatic rings. The molecule has 116 valence electrons. The molecule has 1 unspecified atom stereocenters. The molecule has 0 aliphatic carbocycles. The normalized spacial score (nSPS) is 13.4. The zero-order valence-corrected chi connectivity index (χ0v) is 12.7. The zero-order chi connectivity index (χ0) is 15.6. The highest BCUT2D eigenvalue weighted by Crippen LogP contribution is 2.34. The van der Waals surface area contributed by atoms with Crippen LogP contribution >= 0.6 is 11.3 Å². The van der Waals surface area contributed by atoms with Crippen LogP contribution in [0.1, 0.15) is 25.6 Å². The number of aromatic nitrogens is 2. The number of hydrogen-bond acceptors (Lipinski definition) is 5. The van der Waals surface area contributed by atoms with Crippen LogP contribution < -0.4 is 10.1 Å². The second kappa shape index (κ2) is 6.05. The average molecular weight is 319 g/mol. The molecular formula is C13H16F3N3OS. The summed E-state index contributed by atoms with van der Waals surface area (Å²) in [5, 5.41) is 3.43. The first-order chi connectivity index (χ1) is 9.85. The Morgan fingerprint density at radius 3 is 2.62 bits per heavy atom. The van der Waals surface area contributed by atoms with E-state index >= 15 is 0 Å². The Bertz CT molecular complexity index is 627. The number of nitrogens with zero attached hydrogens (tertiary/aromatic N) is 2. The predicted octanol–water partition coefficient (Wildman–Crippen LogP) is 4.02. The zero-order valence-electron chi connectivity index (χ0n) is 11.9. The van der Waals surface area contributed by atoms with Crippen molar-refractivity contribution >= 4 is 27.5 Å². The van der Waals surface area contributed by atoms with Crippen LogP contribution in [0.3, 0.4) is 0 Å². The largest absolute Gasteiger partial charge is 0.464 e. The first kappa shape index (κ1) is 15.8. The molecule has 2 rings (SSSR count).